The quantitative estimate of drug-likeness (QED) is 0.875. The van der Waals surface area contributed by atoms with Crippen LogP contribution in [0.15, 0.2) is 36.5 Å². The van der Waals surface area contributed by atoms with Gasteiger partial charge in [0.1, 0.15) is 5.75 Å². The zero-order valence-corrected chi connectivity index (χ0v) is 14.3. The average Bonchev–Trinajstić information content (AvgIpc) is 3.03. The number of hydrogen-bond acceptors (Lipinski definition) is 4. The lowest BCUT2D eigenvalue weighted by Gasteiger charge is -2.15. The van der Waals surface area contributed by atoms with E-state index >= 15 is 0 Å². The van der Waals surface area contributed by atoms with E-state index in [1.54, 1.807) is 12.3 Å². The molecule has 1 fully saturated rings. The Morgan fingerprint density at radius 2 is 2.04 bits per heavy atom. The van der Waals surface area contributed by atoms with Crippen molar-refractivity contribution in [1.82, 2.24) is 15.6 Å². The third kappa shape index (κ3) is 3.96. The summed E-state index contributed by atoms with van der Waals surface area (Å²) in [6, 6.07) is 9.62. The fraction of sp³-hybridized carbons (Fsp3) is 0.316. The van der Waals surface area contributed by atoms with Crippen molar-refractivity contribution in [2.75, 3.05) is 6.54 Å². The largest absolute Gasteiger partial charge is 0.438 e. The zero-order valence-electron chi connectivity index (χ0n) is 14.3. The van der Waals surface area contributed by atoms with Gasteiger partial charge in [0.2, 0.25) is 17.7 Å². The highest BCUT2D eigenvalue weighted by atomic mass is 16.5. The van der Waals surface area contributed by atoms with Gasteiger partial charge in [0, 0.05) is 31.3 Å². The van der Waals surface area contributed by atoms with Crippen molar-refractivity contribution >= 4 is 11.8 Å². The molecule has 1 aromatic carbocycles. The van der Waals surface area contributed by atoms with E-state index in [1.807, 2.05) is 38.1 Å². The van der Waals surface area contributed by atoms with Gasteiger partial charge in [-0.05, 0) is 31.0 Å². The van der Waals surface area contributed by atoms with Crippen molar-refractivity contribution in [3.05, 3.63) is 53.2 Å². The van der Waals surface area contributed by atoms with Crippen LogP contribution in [0.4, 0.5) is 0 Å². The van der Waals surface area contributed by atoms with Gasteiger partial charge in [-0.3, -0.25) is 9.59 Å². The van der Waals surface area contributed by atoms with Crippen LogP contribution in [0.5, 0.6) is 11.6 Å². The number of nitrogens with one attached hydrogen (secondary N) is 2. The average molecular weight is 339 g/mol. The molecule has 25 heavy (non-hydrogen) atoms. The first-order valence-electron chi connectivity index (χ1n) is 8.27. The summed E-state index contributed by atoms with van der Waals surface area (Å²) in [4.78, 5) is 27.7. The molecular weight excluding hydrogens is 318 g/mol. The SMILES string of the molecule is Cc1cccc(C)c1Oc1ncccc1CNC(=O)[C@@H]1CNC(=O)C1. The van der Waals surface area contributed by atoms with E-state index in [0.717, 1.165) is 22.4 Å². The van der Waals surface area contributed by atoms with E-state index in [1.165, 1.54) is 0 Å². The maximum Gasteiger partial charge on any atom is 0.225 e. The topological polar surface area (TPSA) is 80.3 Å². The summed E-state index contributed by atoms with van der Waals surface area (Å²) >= 11 is 0. The summed E-state index contributed by atoms with van der Waals surface area (Å²) in [5.41, 5.74) is 2.84. The first kappa shape index (κ1) is 17.0. The summed E-state index contributed by atoms with van der Waals surface area (Å²) in [5.74, 6) is 0.716. The highest BCUT2D eigenvalue weighted by Crippen LogP contribution is 2.29. The molecule has 6 heteroatoms. The molecule has 2 heterocycles. The second kappa shape index (κ2) is 7.34. The van der Waals surface area contributed by atoms with Gasteiger partial charge in [-0.2, -0.15) is 0 Å². The molecule has 1 aliphatic heterocycles. The van der Waals surface area contributed by atoms with Crippen LogP contribution in [0.25, 0.3) is 0 Å². The highest BCUT2D eigenvalue weighted by Gasteiger charge is 2.27. The molecule has 2 N–H and O–H groups in total. The van der Waals surface area contributed by atoms with E-state index in [9.17, 15) is 9.59 Å². The lowest BCUT2D eigenvalue weighted by Crippen LogP contribution is -2.31. The van der Waals surface area contributed by atoms with Gasteiger partial charge in [-0.1, -0.05) is 24.3 Å². The van der Waals surface area contributed by atoms with Crippen LogP contribution in [-0.2, 0) is 16.1 Å². The molecule has 2 aromatic rings. The number of carbonyl (C=O) groups is 2. The number of nitrogens with zero attached hydrogens (tertiary/aromatic N) is 1. The van der Waals surface area contributed by atoms with Gasteiger partial charge in [0.15, 0.2) is 0 Å². The van der Waals surface area contributed by atoms with Crippen LogP contribution in [-0.4, -0.2) is 23.3 Å². The summed E-state index contributed by atoms with van der Waals surface area (Å²) in [5, 5.41) is 5.53. The molecule has 130 valence electrons. The number of rotatable bonds is 5. The highest BCUT2D eigenvalue weighted by molar-refractivity contribution is 5.89. The molecule has 0 saturated carbocycles. The summed E-state index contributed by atoms with van der Waals surface area (Å²) in [6.07, 6.45) is 1.90. The van der Waals surface area contributed by atoms with E-state index in [2.05, 4.69) is 15.6 Å². The minimum absolute atomic E-state index is 0.0828. The Bertz CT molecular complexity index is 784. The third-order valence-corrected chi connectivity index (χ3v) is 4.26. The number of hydrogen-bond donors (Lipinski definition) is 2. The first-order chi connectivity index (χ1) is 12.0. The van der Waals surface area contributed by atoms with E-state index in [4.69, 9.17) is 4.74 Å². The number of benzene rings is 1. The molecule has 3 rings (SSSR count). The maximum atomic E-state index is 12.2. The Kier molecular flexibility index (Phi) is 4.97. The minimum Gasteiger partial charge on any atom is -0.438 e. The number of aryl methyl sites for hydroxylation is 2. The van der Waals surface area contributed by atoms with Crippen LogP contribution in [0.1, 0.15) is 23.1 Å². The van der Waals surface area contributed by atoms with Crippen molar-refractivity contribution < 1.29 is 14.3 Å². The molecule has 0 bridgehead atoms. The molecule has 0 radical (unpaired) electrons. The van der Waals surface area contributed by atoms with Crippen molar-refractivity contribution in [3.8, 4) is 11.6 Å². The standard InChI is InChI=1S/C19H21N3O3/c1-12-5-3-6-13(2)17(12)25-19-14(7-4-8-20-19)10-22-18(24)15-9-16(23)21-11-15/h3-8,15H,9-11H2,1-2H3,(H,21,23)(H,22,24)/t15-/m0/s1. The van der Waals surface area contributed by atoms with Crippen LogP contribution in [0.2, 0.25) is 0 Å². The third-order valence-electron chi connectivity index (χ3n) is 4.26. The molecule has 1 saturated heterocycles. The van der Waals surface area contributed by atoms with Crippen molar-refractivity contribution in [2.45, 2.75) is 26.8 Å². The first-order valence-corrected chi connectivity index (χ1v) is 8.27. The van der Waals surface area contributed by atoms with Crippen molar-refractivity contribution in [1.29, 1.82) is 0 Å². The van der Waals surface area contributed by atoms with Gasteiger partial charge in [-0.15, -0.1) is 0 Å². The Labute approximate surface area is 146 Å². The summed E-state index contributed by atoms with van der Waals surface area (Å²) in [7, 11) is 0. The Morgan fingerprint density at radius 1 is 1.28 bits per heavy atom. The number of para-hydroxylation sites is 1. The fourth-order valence-corrected chi connectivity index (χ4v) is 2.82. The molecule has 1 aliphatic rings. The van der Waals surface area contributed by atoms with Crippen LogP contribution in [0.3, 0.4) is 0 Å². The number of aromatic nitrogens is 1. The molecule has 0 aliphatic carbocycles. The van der Waals surface area contributed by atoms with Gasteiger partial charge >= 0.3 is 0 Å². The summed E-state index contributed by atoms with van der Waals surface area (Å²) < 4.78 is 6.02. The van der Waals surface area contributed by atoms with Gasteiger partial charge < -0.3 is 15.4 Å². The van der Waals surface area contributed by atoms with E-state index < -0.39 is 0 Å². The second-order valence-corrected chi connectivity index (χ2v) is 6.21. The van der Waals surface area contributed by atoms with E-state index in [0.29, 0.717) is 19.0 Å². The van der Waals surface area contributed by atoms with Crippen molar-refractivity contribution in [2.24, 2.45) is 5.92 Å². The number of amides is 2. The van der Waals surface area contributed by atoms with Gasteiger partial charge in [0.25, 0.3) is 0 Å². The maximum absolute atomic E-state index is 12.2. The molecular formula is C19H21N3O3. The fourth-order valence-electron chi connectivity index (χ4n) is 2.82. The molecule has 6 nitrogen and oxygen atoms in total. The smallest absolute Gasteiger partial charge is 0.225 e. The zero-order chi connectivity index (χ0) is 17.8. The second-order valence-electron chi connectivity index (χ2n) is 6.21. The monoisotopic (exact) mass is 339 g/mol. The van der Waals surface area contributed by atoms with Crippen LogP contribution in [0, 0.1) is 19.8 Å². The Morgan fingerprint density at radius 3 is 2.72 bits per heavy atom. The predicted octanol–water partition coefficient (Wildman–Crippen LogP) is 2.24. The Balaban J connectivity index is 1.71. The lowest BCUT2D eigenvalue weighted by molar-refractivity contribution is -0.126. The molecule has 1 atom stereocenters. The number of ether oxygens (including phenoxy) is 1. The Hall–Kier alpha value is -2.89. The van der Waals surface area contributed by atoms with Crippen molar-refractivity contribution in [3.63, 3.8) is 0 Å². The lowest BCUT2D eigenvalue weighted by atomic mass is 10.1. The predicted molar refractivity (Wildman–Crippen MR) is 93.2 cm³/mol. The molecule has 2 amide bonds. The van der Waals surface area contributed by atoms with Crippen LogP contribution >= 0.6 is 0 Å². The van der Waals surface area contributed by atoms with Gasteiger partial charge in [0.05, 0.1) is 5.92 Å². The number of carbonyl (C=O) groups excluding carboxylic acids is 2. The molecule has 0 spiro atoms. The molecule has 1 aromatic heterocycles. The minimum atomic E-state index is -0.313. The van der Waals surface area contributed by atoms with Gasteiger partial charge in [-0.25, -0.2) is 4.98 Å². The number of pyridine rings is 1. The van der Waals surface area contributed by atoms with E-state index in [-0.39, 0.29) is 24.2 Å². The summed E-state index contributed by atoms with van der Waals surface area (Å²) in [6.45, 7) is 4.66. The molecule has 0 unspecified atom stereocenters. The van der Waals surface area contributed by atoms with Crippen LogP contribution < -0.4 is 15.4 Å². The normalized spacial score (nSPS) is 16.4.